The van der Waals surface area contributed by atoms with Crippen molar-refractivity contribution in [3.05, 3.63) is 64.4 Å². The molecule has 0 amide bonds. The Balaban J connectivity index is 1.75. The van der Waals surface area contributed by atoms with Crippen LogP contribution in [0.4, 0.5) is 4.39 Å². The van der Waals surface area contributed by atoms with Crippen LogP contribution in [-0.2, 0) is 13.2 Å². The Morgan fingerprint density at radius 3 is 2.68 bits per heavy atom. The summed E-state index contributed by atoms with van der Waals surface area (Å²) in [5.74, 6) is 0.401. The van der Waals surface area contributed by atoms with Crippen LogP contribution in [0.2, 0.25) is 5.02 Å². The van der Waals surface area contributed by atoms with Crippen molar-refractivity contribution < 1.29 is 14.2 Å². The summed E-state index contributed by atoms with van der Waals surface area (Å²) in [5.41, 5.74) is 1.88. The summed E-state index contributed by atoms with van der Waals surface area (Å²) in [7, 11) is 0. The summed E-state index contributed by atoms with van der Waals surface area (Å²) in [4.78, 5) is 0. The normalized spacial score (nSPS) is 10.8. The first-order valence-corrected chi connectivity index (χ1v) is 8.75. The first kappa shape index (κ1) is 19.7. The number of ether oxygens (including phenoxy) is 1. The number of rotatable bonds is 11. The standard InChI is InChI=1S/C19H24ClFN2O2/c20-19-12-17(21)6-5-16(19)14-25-18-4-1-3-15(11-18)13-23-8-2-7-22-9-10-24/h1,3-6,11-12,22-24H,2,7-10,13-14H2. The van der Waals surface area contributed by atoms with E-state index in [0.717, 1.165) is 42.9 Å². The van der Waals surface area contributed by atoms with Crippen molar-refractivity contribution in [1.82, 2.24) is 10.6 Å². The molecule has 136 valence electrons. The molecule has 3 N–H and O–H groups in total. The molecule has 0 bridgehead atoms. The highest BCUT2D eigenvalue weighted by atomic mass is 35.5. The summed E-state index contributed by atoms with van der Waals surface area (Å²) < 4.78 is 18.8. The molecule has 25 heavy (non-hydrogen) atoms. The molecular weight excluding hydrogens is 343 g/mol. The lowest BCUT2D eigenvalue weighted by atomic mass is 10.2. The zero-order chi connectivity index (χ0) is 17.9. The molecule has 4 nitrogen and oxygen atoms in total. The van der Waals surface area contributed by atoms with Crippen LogP contribution in [0.15, 0.2) is 42.5 Å². The largest absolute Gasteiger partial charge is 0.489 e. The van der Waals surface area contributed by atoms with Crippen LogP contribution in [-0.4, -0.2) is 31.3 Å². The minimum Gasteiger partial charge on any atom is -0.489 e. The van der Waals surface area contributed by atoms with Gasteiger partial charge in [-0.2, -0.15) is 0 Å². The third-order valence-corrected chi connectivity index (χ3v) is 3.98. The van der Waals surface area contributed by atoms with Gasteiger partial charge in [-0.25, -0.2) is 4.39 Å². The van der Waals surface area contributed by atoms with Crippen LogP contribution in [0.25, 0.3) is 0 Å². The van der Waals surface area contributed by atoms with E-state index in [1.807, 2.05) is 24.3 Å². The van der Waals surface area contributed by atoms with E-state index < -0.39 is 0 Å². The first-order valence-electron chi connectivity index (χ1n) is 8.37. The number of aliphatic hydroxyl groups is 1. The van der Waals surface area contributed by atoms with Gasteiger partial charge >= 0.3 is 0 Å². The maximum absolute atomic E-state index is 13.1. The number of halogens is 2. The van der Waals surface area contributed by atoms with Crippen molar-refractivity contribution in [2.75, 3.05) is 26.2 Å². The SMILES string of the molecule is OCCNCCCNCc1cccc(OCc2ccc(F)cc2Cl)c1. The van der Waals surface area contributed by atoms with Crippen molar-refractivity contribution in [3.8, 4) is 5.75 Å². The second-order valence-corrected chi connectivity index (χ2v) is 6.08. The van der Waals surface area contributed by atoms with Crippen LogP contribution in [0.5, 0.6) is 5.75 Å². The quantitative estimate of drug-likeness (QED) is 0.535. The number of hydrogen-bond acceptors (Lipinski definition) is 4. The second-order valence-electron chi connectivity index (χ2n) is 5.68. The fourth-order valence-electron chi connectivity index (χ4n) is 2.32. The number of hydrogen-bond donors (Lipinski definition) is 3. The van der Waals surface area contributed by atoms with Crippen molar-refractivity contribution in [2.24, 2.45) is 0 Å². The molecule has 0 aliphatic heterocycles. The fourth-order valence-corrected chi connectivity index (χ4v) is 2.54. The minimum atomic E-state index is -0.353. The van der Waals surface area contributed by atoms with E-state index in [1.54, 1.807) is 6.07 Å². The Hall–Kier alpha value is -1.66. The highest BCUT2D eigenvalue weighted by molar-refractivity contribution is 6.31. The van der Waals surface area contributed by atoms with Gasteiger partial charge in [0, 0.05) is 18.7 Å². The highest BCUT2D eigenvalue weighted by Crippen LogP contribution is 2.20. The van der Waals surface area contributed by atoms with Crippen LogP contribution in [0.1, 0.15) is 17.5 Å². The van der Waals surface area contributed by atoms with Crippen molar-refractivity contribution >= 4 is 11.6 Å². The molecule has 2 rings (SSSR count). The van der Waals surface area contributed by atoms with Crippen molar-refractivity contribution in [2.45, 2.75) is 19.6 Å². The van der Waals surface area contributed by atoms with Gasteiger partial charge in [0.25, 0.3) is 0 Å². The molecule has 0 spiro atoms. The van der Waals surface area contributed by atoms with E-state index in [0.29, 0.717) is 18.2 Å². The summed E-state index contributed by atoms with van der Waals surface area (Å²) in [6.45, 7) is 3.64. The second kappa shape index (κ2) is 11.1. The van der Waals surface area contributed by atoms with Crippen molar-refractivity contribution in [3.63, 3.8) is 0 Å². The zero-order valence-electron chi connectivity index (χ0n) is 14.1. The van der Waals surface area contributed by atoms with Gasteiger partial charge in [-0.15, -0.1) is 0 Å². The Labute approximate surface area is 153 Å². The third kappa shape index (κ3) is 7.40. The average Bonchev–Trinajstić information content (AvgIpc) is 2.61. The van der Waals surface area contributed by atoms with E-state index in [4.69, 9.17) is 21.4 Å². The molecule has 0 saturated heterocycles. The van der Waals surface area contributed by atoms with E-state index in [-0.39, 0.29) is 12.4 Å². The minimum absolute atomic E-state index is 0.170. The average molecular weight is 367 g/mol. The van der Waals surface area contributed by atoms with Crippen LogP contribution in [0, 0.1) is 5.82 Å². The maximum Gasteiger partial charge on any atom is 0.124 e. The fraction of sp³-hybridized carbons (Fsp3) is 0.368. The molecule has 0 atom stereocenters. The monoisotopic (exact) mass is 366 g/mol. The first-order chi connectivity index (χ1) is 12.2. The number of aliphatic hydroxyl groups excluding tert-OH is 1. The molecule has 6 heteroatoms. The molecule has 0 saturated carbocycles. The Morgan fingerprint density at radius 1 is 1.04 bits per heavy atom. The third-order valence-electron chi connectivity index (χ3n) is 3.63. The van der Waals surface area contributed by atoms with Gasteiger partial charge < -0.3 is 20.5 Å². The van der Waals surface area contributed by atoms with Gasteiger partial charge in [-0.3, -0.25) is 0 Å². The van der Waals surface area contributed by atoms with Crippen LogP contribution >= 0.6 is 11.6 Å². The lowest BCUT2D eigenvalue weighted by molar-refractivity contribution is 0.292. The molecule has 0 unspecified atom stereocenters. The molecule has 0 aromatic heterocycles. The molecule has 0 aliphatic carbocycles. The molecule has 0 fully saturated rings. The number of benzene rings is 2. The lowest BCUT2D eigenvalue weighted by Crippen LogP contribution is -2.23. The topological polar surface area (TPSA) is 53.5 Å². The Morgan fingerprint density at radius 2 is 1.88 bits per heavy atom. The lowest BCUT2D eigenvalue weighted by Gasteiger charge is -2.10. The van der Waals surface area contributed by atoms with Gasteiger partial charge in [0.1, 0.15) is 18.2 Å². The Bertz CT molecular complexity index is 655. The molecule has 0 heterocycles. The zero-order valence-corrected chi connectivity index (χ0v) is 14.9. The summed E-state index contributed by atoms with van der Waals surface area (Å²) in [5, 5.41) is 15.6. The molecule has 0 aliphatic rings. The van der Waals surface area contributed by atoms with Crippen LogP contribution in [0.3, 0.4) is 0 Å². The molecular formula is C19H24ClFN2O2. The predicted molar refractivity (Wildman–Crippen MR) is 98.5 cm³/mol. The van der Waals surface area contributed by atoms with Gasteiger partial charge in [-0.1, -0.05) is 29.8 Å². The van der Waals surface area contributed by atoms with Gasteiger partial charge in [0.15, 0.2) is 0 Å². The van der Waals surface area contributed by atoms with Gasteiger partial charge in [-0.05, 0) is 49.3 Å². The summed E-state index contributed by atoms with van der Waals surface area (Å²) >= 11 is 6.01. The smallest absolute Gasteiger partial charge is 0.124 e. The summed E-state index contributed by atoms with van der Waals surface area (Å²) in [6, 6.07) is 12.1. The molecule has 0 radical (unpaired) electrons. The van der Waals surface area contributed by atoms with E-state index >= 15 is 0 Å². The maximum atomic E-state index is 13.1. The summed E-state index contributed by atoms with van der Waals surface area (Å²) in [6.07, 6.45) is 0.999. The van der Waals surface area contributed by atoms with Crippen molar-refractivity contribution in [1.29, 1.82) is 0 Å². The van der Waals surface area contributed by atoms with Gasteiger partial charge in [0.05, 0.1) is 11.6 Å². The van der Waals surface area contributed by atoms with Gasteiger partial charge in [0.2, 0.25) is 0 Å². The highest BCUT2D eigenvalue weighted by Gasteiger charge is 2.04. The van der Waals surface area contributed by atoms with E-state index in [2.05, 4.69) is 10.6 Å². The molecule has 2 aromatic rings. The van der Waals surface area contributed by atoms with E-state index in [1.165, 1.54) is 12.1 Å². The molecule has 2 aromatic carbocycles. The van der Waals surface area contributed by atoms with Crippen LogP contribution < -0.4 is 15.4 Å². The van der Waals surface area contributed by atoms with E-state index in [9.17, 15) is 4.39 Å². The predicted octanol–water partition coefficient (Wildman–Crippen LogP) is 3.12. The Kier molecular flexibility index (Phi) is 8.69. The number of nitrogens with one attached hydrogen (secondary N) is 2.